The highest BCUT2D eigenvalue weighted by molar-refractivity contribution is 5.90. The van der Waals surface area contributed by atoms with Gasteiger partial charge in [0.2, 0.25) is 5.82 Å². The van der Waals surface area contributed by atoms with Crippen molar-refractivity contribution in [2.75, 3.05) is 7.11 Å². The Morgan fingerprint density at radius 1 is 0.967 bits per heavy atom. The summed E-state index contributed by atoms with van der Waals surface area (Å²) in [7, 11) is 1.56. The number of carbonyl (C=O) groups excluding carboxylic acids is 1. The van der Waals surface area contributed by atoms with Crippen LogP contribution in [0, 0.1) is 0 Å². The van der Waals surface area contributed by atoms with E-state index in [-0.39, 0.29) is 18.2 Å². The maximum Gasteiger partial charge on any atom is 0.338 e. The van der Waals surface area contributed by atoms with Gasteiger partial charge in [0.05, 0.1) is 18.2 Å². The number of esters is 1. The number of rotatable bonds is 6. The van der Waals surface area contributed by atoms with E-state index in [1.54, 1.807) is 49.6 Å². The van der Waals surface area contributed by atoms with Crippen LogP contribution >= 0.6 is 0 Å². The molecule has 0 radical (unpaired) electrons. The van der Waals surface area contributed by atoms with Crippen LogP contribution in [0.15, 0.2) is 77.3 Å². The van der Waals surface area contributed by atoms with Gasteiger partial charge in [-0.25, -0.2) is 4.79 Å². The molecule has 7 heteroatoms. The fourth-order valence-electron chi connectivity index (χ4n) is 2.92. The predicted octanol–water partition coefficient (Wildman–Crippen LogP) is 4.47. The van der Waals surface area contributed by atoms with Crippen molar-refractivity contribution >= 4 is 5.97 Å². The first-order valence-electron chi connectivity index (χ1n) is 9.16. The van der Waals surface area contributed by atoms with Crippen molar-refractivity contribution in [1.82, 2.24) is 10.1 Å². The third-order valence-corrected chi connectivity index (χ3v) is 4.46. The molecule has 0 fully saturated rings. The maximum absolute atomic E-state index is 12.3. The number of ether oxygens (including phenoxy) is 2. The topological polar surface area (TPSA) is 94.7 Å². The predicted molar refractivity (Wildman–Crippen MR) is 109 cm³/mol. The Morgan fingerprint density at radius 3 is 2.33 bits per heavy atom. The van der Waals surface area contributed by atoms with Gasteiger partial charge in [0.25, 0.3) is 5.89 Å². The molecule has 0 aliphatic carbocycles. The summed E-state index contributed by atoms with van der Waals surface area (Å²) in [6.07, 6.45) is 0. The number of nitrogens with zero attached hydrogens (tertiary/aromatic N) is 2. The monoisotopic (exact) mass is 402 g/mol. The van der Waals surface area contributed by atoms with E-state index in [1.165, 1.54) is 0 Å². The van der Waals surface area contributed by atoms with Gasteiger partial charge in [-0.1, -0.05) is 41.6 Å². The summed E-state index contributed by atoms with van der Waals surface area (Å²) in [5.74, 6) is 0.871. The highest BCUT2D eigenvalue weighted by atomic mass is 16.6. The van der Waals surface area contributed by atoms with Crippen molar-refractivity contribution in [2.24, 2.45) is 0 Å². The van der Waals surface area contributed by atoms with Crippen LogP contribution in [-0.2, 0) is 11.3 Å². The Kier molecular flexibility index (Phi) is 5.43. The van der Waals surface area contributed by atoms with Gasteiger partial charge >= 0.3 is 5.97 Å². The Balaban J connectivity index is 1.40. The molecule has 1 aromatic heterocycles. The van der Waals surface area contributed by atoms with Crippen LogP contribution < -0.4 is 4.74 Å². The maximum atomic E-state index is 12.3. The summed E-state index contributed by atoms with van der Waals surface area (Å²) in [5.41, 5.74) is 2.94. The lowest BCUT2D eigenvalue weighted by Gasteiger charge is -2.05. The number of methoxy groups -OCH3 is 1. The SMILES string of the molecule is COc1ccccc1-c1noc(COC(=O)c2ccc(-c3ccc(O)cc3)cc2)n1. The molecule has 4 aromatic rings. The highest BCUT2D eigenvalue weighted by Crippen LogP contribution is 2.27. The van der Waals surface area contributed by atoms with E-state index in [0.29, 0.717) is 22.7 Å². The number of aromatic nitrogens is 2. The van der Waals surface area contributed by atoms with Crippen molar-refractivity contribution < 1.29 is 23.9 Å². The van der Waals surface area contributed by atoms with Crippen molar-refractivity contribution in [3.63, 3.8) is 0 Å². The van der Waals surface area contributed by atoms with Crippen molar-refractivity contribution in [3.8, 4) is 34.0 Å². The van der Waals surface area contributed by atoms with Crippen LogP contribution in [-0.4, -0.2) is 28.3 Å². The molecule has 7 nitrogen and oxygen atoms in total. The molecule has 30 heavy (non-hydrogen) atoms. The number of phenolic OH excluding ortho intramolecular Hbond substituents is 1. The molecule has 3 aromatic carbocycles. The number of carbonyl (C=O) groups is 1. The molecule has 0 aliphatic rings. The molecular formula is C23H18N2O5. The summed E-state index contributed by atoms with van der Waals surface area (Å²) in [6, 6.07) is 21.1. The molecule has 150 valence electrons. The summed E-state index contributed by atoms with van der Waals surface area (Å²) in [6.45, 7) is -0.138. The van der Waals surface area contributed by atoms with E-state index in [9.17, 15) is 9.90 Å². The number of para-hydroxylation sites is 1. The highest BCUT2D eigenvalue weighted by Gasteiger charge is 2.15. The molecule has 0 aliphatic heterocycles. The van der Waals surface area contributed by atoms with E-state index in [1.807, 2.05) is 30.3 Å². The Hall–Kier alpha value is -4.13. The summed E-state index contributed by atoms with van der Waals surface area (Å²) in [4.78, 5) is 16.6. The molecule has 0 unspecified atom stereocenters. The Labute approximate surface area is 172 Å². The standard InChI is InChI=1S/C23H18N2O5/c1-28-20-5-3-2-4-19(20)22-24-21(30-25-22)14-29-23(27)17-8-6-15(7-9-17)16-10-12-18(26)13-11-16/h2-13,26H,14H2,1H3. The van der Waals surface area contributed by atoms with Gasteiger partial charge in [0.15, 0.2) is 6.61 Å². The second-order valence-electron chi connectivity index (χ2n) is 6.41. The Morgan fingerprint density at radius 2 is 1.63 bits per heavy atom. The van der Waals surface area contributed by atoms with Gasteiger partial charge in [0.1, 0.15) is 11.5 Å². The average molecular weight is 402 g/mol. The zero-order chi connectivity index (χ0) is 20.9. The zero-order valence-electron chi connectivity index (χ0n) is 16.1. The van der Waals surface area contributed by atoms with Crippen LogP contribution in [0.5, 0.6) is 11.5 Å². The Bertz CT molecular complexity index is 1150. The first-order valence-corrected chi connectivity index (χ1v) is 9.16. The smallest absolute Gasteiger partial charge is 0.338 e. The minimum absolute atomic E-state index is 0.138. The fraction of sp³-hybridized carbons (Fsp3) is 0.0870. The molecule has 0 bridgehead atoms. The third kappa shape index (κ3) is 4.15. The molecule has 0 amide bonds. The zero-order valence-corrected chi connectivity index (χ0v) is 16.1. The fourth-order valence-corrected chi connectivity index (χ4v) is 2.92. The molecule has 0 atom stereocenters. The first-order chi connectivity index (χ1) is 14.6. The van der Waals surface area contributed by atoms with Gasteiger partial charge in [0, 0.05) is 0 Å². The van der Waals surface area contributed by atoms with Gasteiger partial charge in [-0.05, 0) is 47.5 Å². The average Bonchev–Trinajstić information content (AvgIpc) is 3.27. The number of aromatic hydroxyl groups is 1. The van der Waals surface area contributed by atoms with E-state index < -0.39 is 5.97 Å². The normalized spacial score (nSPS) is 10.6. The number of phenols is 1. The van der Waals surface area contributed by atoms with E-state index in [2.05, 4.69) is 10.1 Å². The van der Waals surface area contributed by atoms with E-state index in [0.717, 1.165) is 11.1 Å². The lowest BCUT2D eigenvalue weighted by atomic mass is 10.0. The van der Waals surface area contributed by atoms with Crippen molar-refractivity contribution in [2.45, 2.75) is 6.61 Å². The molecule has 4 rings (SSSR count). The van der Waals surface area contributed by atoms with Crippen molar-refractivity contribution in [1.29, 1.82) is 0 Å². The molecular weight excluding hydrogens is 384 g/mol. The summed E-state index contributed by atoms with van der Waals surface area (Å²) >= 11 is 0. The lowest BCUT2D eigenvalue weighted by molar-refractivity contribution is 0.0430. The van der Waals surface area contributed by atoms with E-state index in [4.69, 9.17) is 14.0 Å². The number of hydrogen-bond acceptors (Lipinski definition) is 7. The van der Waals surface area contributed by atoms with Gasteiger partial charge in [-0.2, -0.15) is 4.98 Å². The second kappa shape index (κ2) is 8.48. The van der Waals surface area contributed by atoms with Gasteiger partial charge in [-0.15, -0.1) is 0 Å². The summed E-state index contributed by atoms with van der Waals surface area (Å²) < 4.78 is 15.8. The molecule has 0 saturated heterocycles. The molecule has 0 spiro atoms. The van der Waals surface area contributed by atoms with E-state index >= 15 is 0 Å². The van der Waals surface area contributed by atoms with Gasteiger partial charge < -0.3 is 19.1 Å². The molecule has 1 N–H and O–H groups in total. The van der Waals surface area contributed by atoms with Crippen LogP contribution in [0.1, 0.15) is 16.2 Å². The van der Waals surface area contributed by atoms with Crippen molar-refractivity contribution in [3.05, 3.63) is 84.3 Å². The second-order valence-corrected chi connectivity index (χ2v) is 6.41. The molecule has 0 saturated carbocycles. The minimum Gasteiger partial charge on any atom is -0.508 e. The van der Waals surface area contributed by atoms with Crippen LogP contribution in [0.25, 0.3) is 22.5 Å². The van der Waals surface area contributed by atoms with Crippen LogP contribution in [0.2, 0.25) is 0 Å². The van der Waals surface area contributed by atoms with Crippen LogP contribution in [0.4, 0.5) is 0 Å². The van der Waals surface area contributed by atoms with Crippen LogP contribution in [0.3, 0.4) is 0 Å². The molecule has 1 heterocycles. The van der Waals surface area contributed by atoms with Gasteiger partial charge in [-0.3, -0.25) is 0 Å². The largest absolute Gasteiger partial charge is 0.508 e. The third-order valence-electron chi connectivity index (χ3n) is 4.46. The number of benzene rings is 3. The quantitative estimate of drug-likeness (QED) is 0.475. The first kappa shape index (κ1) is 19.2. The minimum atomic E-state index is -0.496. The number of hydrogen-bond donors (Lipinski definition) is 1. The summed E-state index contributed by atoms with van der Waals surface area (Å²) in [5, 5.41) is 13.3. The lowest BCUT2D eigenvalue weighted by Crippen LogP contribution is -2.05.